The largest absolute Gasteiger partial charge is 0.382 e. The predicted molar refractivity (Wildman–Crippen MR) is 82.9 cm³/mol. The molecule has 1 rings (SSSR count). The number of nitrogens with one attached hydrogen (secondary N) is 1. The van der Waals surface area contributed by atoms with Gasteiger partial charge >= 0.3 is 0 Å². The Morgan fingerprint density at radius 2 is 1.85 bits per heavy atom. The van der Waals surface area contributed by atoms with Crippen molar-refractivity contribution in [2.24, 2.45) is 0 Å². The van der Waals surface area contributed by atoms with Crippen molar-refractivity contribution in [2.45, 2.75) is 26.7 Å². The summed E-state index contributed by atoms with van der Waals surface area (Å²) < 4.78 is 18.2. The number of unbranched alkanes of at least 4 members (excludes halogenated alkanes) is 1. The highest BCUT2D eigenvalue weighted by molar-refractivity contribution is 5.46. The maximum Gasteiger partial charge on any atom is 0.123 e. The Balaban J connectivity index is 2.14. The maximum atomic E-state index is 12.9. The molecule has 0 heterocycles. The first kappa shape index (κ1) is 16.9. The number of hydrogen-bond acceptors (Lipinski definition) is 3. The van der Waals surface area contributed by atoms with E-state index in [-0.39, 0.29) is 5.82 Å². The quantitative estimate of drug-likeness (QED) is 0.631. The van der Waals surface area contributed by atoms with Crippen LogP contribution in [0.25, 0.3) is 0 Å². The molecule has 0 radical (unpaired) electrons. The van der Waals surface area contributed by atoms with Gasteiger partial charge in [-0.25, -0.2) is 4.39 Å². The SMILES string of the molecule is CCOCCCCNCCN(CC)c1ccc(F)cc1. The van der Waals surface area contributed by atoms with Crippen LogP contribution in [0.4, 0.5) is 10.1 Å². The minimum atomic E-state index is -0.183. The fraction of sp³-hybridized carbons (Fsp3) is 0.625. The van der Waals surface area contributed by atoms with E-state index in [1.807, 2.05) is 19.1 Å². The summed E-state index contributed by atoms with van der Waals surface area (Å²) in [6, 6.07) is 6.69. The fourth-order valence-electron chi connectivity index (χ4n) is 2.06. The second kappa shape index (κ2) is 10.6. The van der Waals surface area contributed by atoms with Crippen LogP contribution in [0.15, 0.2) is 24.3 Å². The van der Waals surface area contributed by atoms with Gasteiger partial charge in [-0.1, -0.05) is 0 Å². The molecule has 0 aromatic heterocycles. The molecule has 0 aliphatic heterocycles. The first-order valence-corrected chi connectivity index (χ1v) is 7.57. The van der Waals surface area contributed by atoms with Gasteiger partial charge in [-0.3, -0.25) is 0 Å². The van der Waals surface area contributed by atoms with Gasteiger partial charge < -0.3 is 15.0 Å². The number of ether oxygens (including phenoxy) is 1. The van der Waals surface area contributed by atoms with Gasteiger partial charge in [0.05, 0.1) is 0 Å². The third-order valence-electron chi connectivity index (χ3n) is 3.23. The average Bonchev–Trinajstić information content (AvgIpc) is 2.47. The van der Waals surface area contributed by atoms with Gasteiger partial charge in [-0.2, -0.15) is 0 Å². The number of benzene rings is 1. The summed E-state index contributed by atoms with van der Waals surface area (Å²) in [5.41, 5.74) is 1.08. The second-order valence-electron chi connectivity index (χ2n) is 4.71. The van der Waals surface area contributed by atoms with E-state index in [1.165, 1.54) is 12.1 Å². The summed E-state index contributed by atoms with van der Waals surface area (Å²) >= 11 is 0. The Hall–Kier alpha value is -1.13. The molecule has 0 saturated heterocycles. The summed E-state index contributed by atoms with van der Waals surface area (Å²) in [5.74, 6) is -0.183. The van der Waals surface area contributed by atoms with Crippen molar-refractivity contribution in [3.05, 3.63) is 30.1 Å². The van der Waals surface area contributed by atoms with Crippen LogP contribution in [0.2, 0.25) is 0 Å². The number of hydrogen-bond donors (Lipinski definition) is 1. The Morgan fingerprint density at radius 1 is 1.10 bits per heavy atom. The zero-order valence-corrected chi connectivity index (χ0v) is 12.7. The third-order valence-corrected chi connectivity index (χ3v) is 3.23. The number of anilines is 1. The van der Waals surface area contributed by atoms with E-state index in [4.69, 9.17) is 4.74 Å². The lowest BCUT2D eigenvalue weighted by Crippen LogP contribution is -2.32. The normalized spacial score (nSPS) is 10.8. The van der Waals surface area contributed by atoms with E-state index < -0.39 is 0 Å². The average molecular weight is 282 g/mol. The molecular formula is C16H27FN2O. The Morgan fingerprint density at radius 3 is 2.50 bits per heavy atom. The molecule has 0 unspecified atom stereocenters. The minimum Gasteiger partial charge on any atom is -0.382 e. The zero-order valence-electron chi connectivity index (χ0n) is 12.7. The monoisotopic (exact) mass is 282 g/mol. The summed E-state index contributed by atoms with van der Waals surface area (Å²) in [7, 11) is 0. The van der Waals surface area contributed by atoms with Gasteiger partial charge in [0.15, 0.2) is 0 Å². The van der Waals surface area contributed by atoms with Gasteiger partial charge in [0.1, 0.15) is 5.82 Å². The molecule has 0 spiro atoms. The van der Waals surface area contributed by atoms with Gasteiger partial charge in [-0.05, 0) is 57.5 Å². The van der Waals surface area contributed by atoms with Crippen molar-refractivity contribution >= 4 is 5.69 Å². The summed E-state index contributed by atoms with van der Waals surface area (Å²) in [5, 5.41) is 3.44. The fourth-order valence-corrected chi connectivity index (χ4v) is 2.06. The van der Waals surface area contributed by atoms with E-state index in [0.717, 1.165) is 57.9 Å². The summed E-state index contributed by atoms with van der Waals surface area (Å²) in [6.45, 7) is 9.63. The molecule has 1 N–H and O–H groups in total. The van der Waals surface area contributed by atoms with Crippen LogP contribution in [0.1, 0.15) is 26.7 Å². The van der Waals surface area contributed by atoms with Crippen molar-refractivity contribution in [3.63, 3.8) is 0 Å². The van der Waals surface area contributed by atoms with Crippen molar-refractivity contribution in [3.8, 4) is 0 Å². The molecule has 0 fully saturated rings. The first-order valence-electron chi connectivity index (χ1n) is 7.57. The molecular weight excluding hydrogens is 255 g/mol. The molecule has 114 valence electrons. The Kier molecular flexibility index (Phi) is 9.00. The van der Waals surface area contributed by atoms with Crippen LogP contribution < -0.4 is 10.2 Å². The molecule has 0 bridgehead atoms. The van der Waals surface area contributed by atoms with Crippen molar-refractivity contribution < 1.29 is 9.13 Å². The highest BCUT2D eigenvalue weighted by Gasteiger charge is 2.03. The van der Waals surface area contributed by atoms with Crippen LogP contribution in [-0.2, 0) is 4.74 Å². The molecule has 0 amide bonds. The lowest BCUT2D eigenvalue weighted by atomic mass is 10.2. The van der Waals surface area contributed by atoms with Crippen molar-refractivity contribution in [1.82, 2.24) is 5.32 Å². The van der Waals surface area contributed by atoms with Crippen molar-refractivity contribution in [2.75, 3.05) is 44.3 Å². The topological polar surface area (TPSA) is 24.5 Å². The molecule has 20 heavy (non-hydrogen) atoms. The molecule has 1 aromatic rings. The van der Waals surface area contributed by atoms with Crippen molar-refractivity contribution in [1.29, 1.82) is 0 Å². The number of halogens is 1. The molecule has 1 aromatic carbocycles. The highest BCUT2D eigenvalue weighted by atomic mass is 19.1. The molecule has 0 aliphatic rings. The van der Waals surface area contributed by atoms with Gasteiger partial charge in [0, 0.05) is 38.5 Å². The van der Waals surface area contributed by atoms with Gasteiger partial charge in [-0.15, -0.1) is 0 Å². The molecule has 3 nitrogen and oxygen atoms in total. The highest BCUT2D eigenvalue weighted by Crippen LogP contribution is 2.13. The lowest BCUT2D eigenvalue weighted by Gasteiger charge is -2.23. The molecule has 0 aliphatic carbocycles. The van der Waals surface area contributed by atoms with Crippen LogP contribution in [0.3, 0.4) is 0 Å². The molecule has 0 atom stereocenters. The molecule has 4 heteroatoms. The third kappa shape index (κ3) is 6.87. The Labute approximate surface area is 122 Å². The number of rotatable bonds is 11. The van der Waals surface area contributed by atoms with E-state index in [2.05, 4.69) is 17.1 Å². The van der Waals surface area contributed by atoms with Gasteiger partial charge in [0.25, 0.3) is 0 Å². The summed E-state index contributed by atoms with van der Waals surface area (Å²) in [4.78, 5) is 2.24. The van der Waals surface area contributed by atoms with E-state index in [9.17, 15) is 4.39 Å². The Bertz CT molecular complexity index is 343. The van der Waals surface area contributed by atoms with Crippen LogP contribution in [0.5, 0.6) is 0 Å². The lowest BCUT2D eigenvalue weighted by molar-refractivity contribution is 0.143. The van der Waals surface area contributed by atoms with E-state index >= 15 is 0 Å². The van der Waals surface area contributed by atoms with Crippen LogP contribution in [-0.4, -0.2) is 39.4 Å². The maximum absolute atomic E-state index is 12.9. The predicted octanol–water partition coefficient (Wildman–Crippen LogP) is 3.06. The van der Waals surface area contributed by atoms with E-state index in [1.54, 1.807) is 0 Å². The zero-order chi connectivity index (χ0) is 14.6. The minimum absolute atomic E-state index is 0.183. The van der Waals surface area contributed by atoms with E-state index in [0.29, 0.717) is 0 Å². The molecule has 0 saturated carbocycles. The van der Waals surface area contributed by atoms with Gasteiger partial charge in [0.2, 0.25) is 0 Å². The van der Waals surface area contributed by atoms with Crippen LogP contribution >= 0.6 is 0 Å². The standard InChI is InChI=1S/C16H27FN2O/c1-3-19(16-9-7-15(17)8-10-16)13-12-18-11-5-6-14-20-4-2/h7-10,18H,3-6,11-14H2,1-2H3. The number of nitrogens with zero attached hydrogens (tertiary/aromatic N) is 1. The summed E-state index contributed by atoms with van der Waals surface area (Å²) in [6.07, 6.45) is 2.25. The smallest absolute Gasteiger partial charge is 0.123 e. The second-order valence-corrected chi connectivity index (χ2v) is 4.71. The number of likely N-dealkylation sites (N-methyl/N-ethyl adjacent to an activating group) is 1. The van der Waals surface area contributed by atoms with Crippen LogP contribution in [0, 0.1) is 5.82 Å². The first-order chi connectivity index (χ1) is 9.77.